The second-order valence-corrected chi connectivity index (χ2v) is 3.48. The molecule has 2 rings (SSSR count). The van der Waals surface area contributed by atoms with Crippen molar-refractivity contribution in [3.8, 4) is 0 Å². The molecule has 0 N–H and O–H groups in total. The first kappa shape index (κ1) is 9.21. The molecule has 0 radical (unpaired) electrons. The zero-order valence-electron chi connectivity index (χ0n) is 7.58. The molecule has 0 saturated heterocycles. The van der Waals surface area contributed by atoms with Gasteiger partial charge in [-0.1, -0.05) is 17.7 Å². The van der Waals surface area contributed by atoms with Crippen LogP contribution < -0.4 is 0 Å². The third kappa shape index (κ3) is 1.63. The van der Waals surface area contributed by atoms with Gasteiger partial charge in [-0.3, -0.25) is 4.79 Å². The number of rotatable bonds is 2. The Morgan fingerprint density at radius 1 is 1.57 bits per heavy atom. The van der Waals surface area contributed by atoms with Crippen molar-refractivity contribution in [2.75, 3.05) is 0 Å². The first-order valence-electron chi connectivity index (χ1n) is 4.20. The number of carbonyl (C=O) groups is 1. The van der Waals surface area contributed by atoms with Crippen LogP contribution in [0.5, 0.6) is 0 Å². The van der Waals surface area contributed by atoms with E-state index in [0.29, 0.717) is 22.0 Å². The highest BCUT2D eigenvalue weighted by Gasteiger charge is 2.09. The predicted octanol–water partition coefficient (Wildman–Crippen LogP) is 2.61. The monoisotopic (exact) mass is 209 g/mol. The number of para-hydroxylation sites is 1. The highest BCUT2D eigenvalue weighted by Crippen LogP contribution is 2.23. The Balaban J connectivity index is 2.51. The molecule has 14 heavy (non-hydrogen) atoms. The van der Waals surface area contributed by atoms with E-state index in [1.165, 1.54) is 6.92 Å². The van der Waals surface area contributed by atoms with Crippen molar-refractivity contribution in [2.24, 2.45) is 0 Å². The maximum absolute atomic E-state index is 10.8. The molecule has 0 spiro atoms. The van der Waals surface area contributed by atoms with E-state index in [1.54, 1.807) is 18.2 Å². The van der Waals surface area contributed by atoms with E-state index >= 15 is 0 Å². The molecule has 0 saturated carbocycles. The molecule has 72 valence electrons. The van der Waals surface area contributed by atoms with Crippen molar-refractivity contribution in [3.63, 3.8) is 0 Å². The van der Waals surface area contributed by atoms with Crippen LogP contribution in [-0.4, -0.2) is 10.8 Å². The van der Waals surface area contributed by atoms with E-state index in [0.717, 1.165) is 0 Å². The normalized spacial score (nSPS) is 10.7. The average molecular weight is 210 g/mol. The van der Waals surface area contributed by atoms with E-state index in [9.17, 15) is 4.79 Å². The van der Waals surface area contributed by atoms with E-state index in [1.807, 2.05) is 0 Å². The quantitative estimate of drug-likeness (QED) is 0.764. The molecule has 0 atom stereocenters. The van der Waals surface area contributed by atoms with Gasteiger partial charge in [0.1, 0.15) is 11.3 Å². The fourth-order valence-corrected chi connectivity index (χ4v) is 1.46. The minimum absolute atomic E-state index is 0.0210. The van der Waals surface area contributed by atoms with Crippen LogP contribution in [0.4, 0.5) is 0 Å². The van der Waals surface area contributed by atoms with Gasteiger partial charge in [0.15, 0.2) is 5.58 Å². The Labute approximate surface area is 85.7 Å². The van der Waals surface area contributed by atoms with Gasteiger partial charge in [-0.05, 0) is 19.1 Å². The zero-order valence-corrected chi connectivity index (χ0v) is 8.34. The molecule has 1 aromatic heterocycles. The standard InChI is InChI=1S/C10H8ClNO2/c1-6(13)5-9-12-10-7(11)3-2-4-8(10)14-9/h2-4H,5H2,1H3. The molecule has 0 aliphatic heterocycles. The van der Waals surface area contributed by atoms with Crippen molar-refractivity contribution in [3.05, 3.63) is 29.1 Å². The summed E-state index contributed by atoms with van der Waals surface area (Å²) in [6.07, 6.45) is 0.213. The van der Waals surface area contributed by atoms with Gasteiger partial charge in [0.2, 0.25) is 5.89 Å². The van der Waals surface area contributed by atoms with Crippen LogP contribution in [0.3, 0.4) is 0 Å². The summed E-state index contributed by atoms with van der Waals surface area (Å²) in [6, 6.07) is 5.30. The van der Waals surface area contributed by atoms with Crippen LogP contribution in [-0.2, 0) is 11.2 Å². The molecule has 0 fully saturated rings. The molecule has 0 unspecified atom stereocenters. The van der Waals surface area contributed by atoms with E-state index in [4.69, 9.17) is 16.0 Å². The number of hydrogen-bond donors (Lipinski definition) is 0. The minimum atomic E-state index is 0.0210. The van der Waals surface area contributed by atoms with E-state index in [-0.39, 0.29) is 12.2 Å². The number of nitrogens with zero attached hydrogens (tertiary/aromatic N) is 1. The summed E-state index contributed by atoms with van der Waals surface area (Å²) >= 11 is 5.90. The second-order valence-electron chi connectivity index (χ2n) is 3.07. The summed E-state index contributed by atoms with van der Waals surface area (Å²) in [5.74, 6) is 0.438. The Morgan fingerprint density at radius 3 is 3.00 bits per heavy atom. The zero-order chi connectivity index (χ0) is 10.1. The number of oxazole rings is 1. The van der Waals surface area contributed by atoms with Crippen molar-refractivity contribution in [1.82, 2.24) is 4.98 Å². The van der Waals surface area contributed by atoms with Crippen molar-refractivity contribution >= 4 is 28.5 Å². The van der Waals surface area contributed by atoms with Crippen molar-refractivity contribution in [1.29, 1.82) is 0 Å². The number of aromatic nitrogens is 1. The van der Waals surface area contributed by atoms with Gasteiger partial charge in [0.25, 0.3) is 0 Å². The lowest BCUT2D eigenvalue weighted by atomic mass is 10.3. The minimum Gasteiger partial charge on any atom is -0.440 e. The number of fused-ring (bicyclic) bond motifs is 1. The van der Waals surface area contributed by atoms with Crippen LogP contribution in [0.2, 0.25) is 5.02 Å². The molecule has 0 aliphatic carbocycles. The van der Waals surface area contributed by atoms with Crippen LogP contribution >= 0.6 is 11.6 Å². The average Bonchev–Trinajstić information content (AvgIpc) is 2.47. The lowest BCUT2D eigenvalue weighted by Crippen LogP contribution is -1.95. The Bertz CT molecular complexity index is 490. The van der Waals surface area contributed by atoms with Crippen LogP contribution in [0.25, 0.3) is 11.1 Å². The summed E-state index contributed by atoms with van der Waals surface area (Å²) < 4.78 is 5.34. The molecule has 0 aliphatic rings. The number of carbonyl (C=O) groups excluding carboxylic acids is 1. The number of ketones is 1. The van der Waals surface area contributed by atoms with E-state index in [2.05, 4.69) is 4.98 Å². The maximum Gasteiger partial charge on any atom is 0.202 e. The lowest BCUT2D eigenvalue weighted by molar-refractivity contribution is -0.116. The van der Waals surface area contributed by atoms with Crippen molar-refractivity contribution < 1.29 is 9.21 Å². The molecule has 2 aromatic rings. The van der Waals surface area contributed by atoms with Gasteiger partial charge in [-0.15, -0.1) is 0 Å². The highest BCUT2D eigenvalue weighted by atomic mass is 35.5. The van der Waals surface area contributed by atoms with Gasteiger partial charge < -0.3 is 4.42 Å². The summed E-state index contributed by atoms with van der Waals surface area (Å²) in [6.45, 7) is 1.50. The summed E-state index contributed by atoms with van der Waals surface area (Å²) in [7, 11) is 0. The van der Waals surface area contributed by atoms with Crippen LogP contribution in [0, 0.1) is 0 Å². The van der Waals surface area contributed by atoms with Gasteiger partial charge >= 0.3 is 0 Å². The van der Waals surface area contributed by atoms with Crippen molar-refractivity contribution in [2.45, 2.75) is 13.3 Å². The largest absolute Gasteiger partial charge is 0.440 e. The molecular formula is C10H8ClNO2. The predicted molar refractivity (Wildman–Crippen MR) is 53.4 cm³/mol. The summed E-state index contributed by atoms with van der Waals surface area (Å²) in [5.41, 5.74) is 1.24. The third-order valence-corrected chi connectivity index (χ3v) is 2.12. The number of halogens is 1. The Morgan fingerprint density at radius 2 is 2.36 bits per heavy atom. The maximum atomic E-state index is 10.8. The third-order valence-electron chi connectivity index (χ3n) is 1.81. The van der Waals surface area contributed by atoms with Gasteiger partial charge in [0.05, 0.1) is 11.4 Å². The fourth-order valence-electron chi connectivity index (χ4n) is 1.25. The first-order valence-corrected chi connectivity index (χ1v) is 4.58. The van der Waals surface area contributed by atoms with E-state index < -0.39 is 0 Å². The number of benzene rings is 1. The Hall–Kier alpha value is -1.35. The molecule has 1 aromatic carbocycles. The topological polar surface area (TPSA) is 43.1 Å². The SMILES string of the molecule is CC(=O)Cc1nc2c(Cl)cccc2o1. The molecule has 0 amide bonds. The molecule has 4 heteroatoms. The smallest absolute Gasteiger partial charge is 0.202 e. The van der Waals surface area contributed by atoms with Gasteiger partial charge in [-0.25, -0.2) is 4.98 Å². The van der Waals surface area contributed by atoms with Gasteiger partial charge in [0, 0.05) is 0 Å². The van der Waals surface area contributed by atoms with Crippen LogP contribution in [0.1, 0.15) is 12.8 Å². The first-order chi connectivity index (χ1) is 6.66. The fraction of sp³-hybridized carbons (Fsp3) is 0.200. The molecule has 1 heterocycles. The molecule has 3 nitrogen and oxygen atoms in total. The Kier molecular flexibility index (Phi) is 2.25. The lowest BCUT2D eigenvalue weighted by Gasteiger charge is -1.86. The van der Waals surface area contributed by atoms with Gasteiger partial charge in [-0.2, -0.15) is 0 Å². The van der Waals surface area contributed by atoms with Crippen LogP contribution in [0.15, 0.2) is 22.6 Å². The highest BCUT2D eigenvalue weighted by molar-refractivity contribution is 6.34. The summed E-state index contributed by atoms with van der Waals surface area (Å²) in [5, 5.41) is 0.543. The number of Topliss-reactive ketones (excluding diaryl/α,β-unsaturated/α-hetero) is 1. The molecular weight excluding hydrogens is 202 g/mol. The summed E-state index contributed by atoms with van der Waals surface area (Å²) in [4.78, 5) is 15.0. The molecule has 0 bridgehead atoms. The second kappa shape index (κ2) is 3.42. The number of hydrogen-bond acceptors (Lipinski definition) is 3.